The highest BCUT2D eigenvalue weighted by Crippen LogP contribution is 2.33. The van der Waals surface area contributed by atoms with Crippen molar-refractivity contribution in [1.82, 2.24) is 10.3 Å². The van der Waals surface area contributed by atoms with Crippen LogP contribution in [0, 0.1) is 5.92 Å². The van der Waals surface area contributed by atoms with Gasteiger partial charge in [-0.05, 0) is 24.1 Å². The number of fused-ring (bicyclic) bond motifs is 1. The maximum Gasteiger partial charge on any atom is 0.326 e. The van der Waals surface area contributed by atoms with Crippen molar-refractivity contribution in [1.29, 1.82) is 0 Å². The number of carboxylic acid groups (broad SMARTS) is 1. The number of nitrogens with one attached hydrogen (secondary N) is 2. The van der Waals surface area contributed by atoms with Crippen LogP contribution in [0.4, 0.5) is 0 Å². The van der Waals surface area contributed by atoms with Crippen LogP contribution in [0.25, 0.3) is 10.9 Å². The van der Waals surface area contributed by atoms with Crippen molar-refractivity contribution >= 4 is 22.8 Å². The molecule has 1 aromatic carbocycles. The fourth-order valence-corrected chi connectivity index (χ4v) is 2.37. The van der Waals surface area contributed by atoms with Crippen LogP contribution < -0.4 is 14.8 Å². The second kappa shape index (κ2) is 6.60. The van der Waals surface area contributed by atoms with Crippen LogP contribution in [0.15, 0.2) is 18.2 Å². The highest BCUT2D eigenvalue weighted by atomic mass is 16.5. The van der Waals surface area contributed by atoms with E-state index in [0.717, 1.165) is 0 Å². The summed E-state index contributed by atoms with van der Waals surface area (Å²) < 4.78 is 10.5. The summed E-state index contributed by atoms with van der Waals surface area (Å²) in [5.74, 6) is -0.635. The van der Waals surface area contributed by atoms with Crippen molar-refractivity contribution in [2.45, 2.75) is 19.9 Å². The number of aliphatic carboxylic acids is 1. The third-order valence-corrected chi connectivity index (χ3v) is 3.62. The van der Waals surface area contributed by atoms with Gasteiger partial charge in [-0.2, -0.15) is 0 Å². The number of hydrogen-bond donors (Lipinski definition) is 3. The minimum Gasteiger partial charge on any atom is -0.496 e. The molecular formula is C16H20N2O5. The van der Waals surface area contributed by atoms with E-state index < -0.39 is 17.9 Å². The number of methoxy groups -OCH3 is 2. The Morgan fingerprint density at radius 2 is 1.78 bits per heavy atom. The minimum absolute atomic E-state index is 0.232. The van der Waals surface area contributed by atoms with Crippen molar-refractivity contribution in [3.05, 3.63) is 23.9 Å². The third kappa shape index (κ3) is 3.23. The summed E-state index contributed by atoms with van der Waals surface area (Å²) >= 11 is 0. The van der Waals surface area contributed by atoms with Gasteiger partial charge in [-0.25, -0.2) is 4.79 Å². The SMILES string of the molecule is COc1ccc(OC)c2[nH]c(C(=O)NC(C(=O)O)C(C)C)cc12. The topological polar surface area (TPSA) is 101 Å². The molecule has 0 radical (unpaired) electrons. The third-order valence-electron chi connectivity index (χ3n) is 3.62. The minimum atomic E-state index is -1.07. The Labute approximate surface area is 133 Å². The molecule has 0 bridgehead atoms. The molecule has 7 nitrogen and oxygen atoms in total. The molecule has 0 fully saturated rings. The Balaban J connectivity index is 2.40. The standard InChI is InChI=1S/C16H20N2O5/c1-8(2)13(16(20)21)18-15(19)10-7-9-11(22-3)5-6-12(23-4)14(9)17-10/h5-8,13,17H,1-4H3,(H,18,19)(H,20,21). The van der Waals surface area contributed by atoms with Crippen LogP contribution in [0.3, 0.4) is 0 Å². The summed E-state index contributed by atoms with van der Waals surface area (Å²) in [7, 11) is 3.06. The molecular weight excluding hydrogens is 300 g/mol. The molecule has 1 unspecified atom stereocenters. The summed E-state index contributed by atoms with van der Waals surface area (Å²) in [6.07, 6.45) is 0. The lowest BCUT2D eigenvalue weighted by Crippen LogP contribution is -2.44. The van der Waals surface area contributed by atoms with Crippen molar-refractivity contribution in [2.75, 3.05) is 14.2 Å². The monoisotopic (exact) mass is 320 g/mol. The Hall–Kier alpha value is -2.70. The van der Waals surface area contributed by atoms with Gasteiger partial charge in [-0.1, -0.05) is 13.8 Å². The summed E-state index contributed by atoms with van der Waals surface area (Å²) in [4.78, 5) is 26.5. The molecule has 1 heterocycles. The first-order valence-corrected chi connectivity index (χ1v) is 7.16. The summed E-state index contributed by atoms with van der Waals surface area (Å²) in [5, 5.41) is 12.4. The van der Waals surface area contributed by atoms with E-state index >= 15 is 0 Å². The van der Waals surface area contributed by atoms with Crippen molar-refractivity contribution in [3.63, 3.8) is 0 Å². The van der Waals surface area contributed by atoms with Gasteiger partial charge < -0.3 is 24.9 Å². The van der Waals surface area contributed by atoms with Gasteiger partial charge in [0.2, 0.25) is 0 Å². The van der Waals surface area contributed by atoms with E-state index in [1.165, 1.54) is 14.2 Å². The molecule has 0 saturated carbocycles. The zero-order valence-electron chi connectivity index (χ0n) is 13.5. The lowest BCUT2D eigenvalue weighted by Gasteiger charge is -2.17. The highest BCUT2D eigenvalue weighted by Gasteiger charge is 2.25. The molecule has 3 N–H and O–H groups in total. The molecule has 7 heteroatoms. The molecule has 0 saturated heterocycles. The average molecular weight is 320 g/mol. The number of carbonyl (C=O) groups is 2. The first kappa shape index (κ1) is 16.7. The summed E-state index contributed by atoms with van der Waals surface area (Å²) in [5.41, 5.74) is 0.864. The molecule has 124 valence electrons. The molecule has 1 aromatic heterocycles. The first-order chi connectivity index (χ1) is 10.9. The number of aromatic amines is 1. The fraction of sp³-hybridized carbons (Fsp3) is 0.375. The number of ether oxygens (including phenoxy) is 2. The van der Waals surface area contributed by atoms with E-state index in [1.807, 2.05) is 0 Å². The van der Waals surface area contributed by atoms with Gasteiger partial charge >= 0.3 is 5.97 Å². The van der Waals surface area contributed by atoms with Crippen molar-refractivity contribution < 1.29 is 24.2 Å². The Morgan fingerprint density at radius 3 is 2.30 bits per heavy atom. The molecule has 0 spiro atoms. The van der Waals surface area contributed by atoms with Gasteiger partial charge in [-0.3, -0.25) is 4.79 Å². The number of carboxylic acids is 1. The molecule has 2 aromatic rings. The van der Waals surface area contributed by atoms with E-state index in [0.29, 0.717) is 22.4 Å². The number of H-pyrrole nitrogens is 1. The zero-order chi connectivity index (χ0) is 17.1. The van der Waals surface area contributed by atoms with Crippen LogP contribution >= 0.6 is 0 Å². The predicted octanol–water partition coefficient (Wildman–Crippen LogP) is 2.02. The van der Waals surface area contributed by atoms with Crippen LogP contribution in [0.2, 0.25) is 0 Å². The molecule has 23 heavy (non-hydrogen) atoms. The number of aromatic nitrogens is 1. The van der Waals surface area contributed by atoms with Gasteiger partial charge in [0.1, 0.15) is 23.2 Å². The number of carbonyl (C=O) groups excluding carboxylic acids is 1. The van der Waals surface area contributed by atoms with Gasteiger partial charge in [0.05, 0.1) is 19.7 Å². The number of amides is 1. The van der Waals surface area contributed by atoms with Crippen LogP contribution in [-0.2, 0) is 4.79 Å². The van der Waals surface area contributed by atoms with Gasteiger partial charge in [0.25, 0.3) is 5.91 Å². The Bertz CT molecular complexity index is 694. The van der Waals surface area contributed by atoms with Crippen molar-refractivity contribution in [3.8, 4) is 11.5 Å². The lowest BCUT2D eigenvalue weighted by atomic mass is 10.0. The second-order valence-corrected chi connectivity index (χ2v) is 5.48. The van der Waals surface area contributed by atoms with Gasteiger partial charge in [0.15, 0.2) is 0 Å². The summed E-state index contributed by atoms with van der Waals surface area (Å²) in [6.45, 7) is 3.46. The largest absolute Gasteiger partial charge is 0.496 e. The molecule has 0 aliphatic heterocycles. The fourth-order valence-electron chi connectivity index (χ4n) is 2.37. The maximum atomic E-state index is 12.3. The highest BCUT2D eigenvalue weighted by molar-refractivity contribution is 6.02. The van der Waals surface area contributed by atoms with Gasteiger partial charge in [0, 0.05) is 5.39 Å². The summed E-state index contributed by atoms with van der Waals surface area (Å²) in [6, 6.07) is 4.13. The van der Waals surface area contributed by atoms with E-state index in [9.17, 15) is 14.7 Å². The number of rotatable bonds is 6. The molecule has 0 aliphatic carbocycles. The van der Waals surface area contributed by atoms with Crippen LogP contribution in [0.5, 0.6) is 11.5 Å². The van der Waals surface area contributed by atoms with E-state index in [4.69, 9.17) is 9.47 Å². The van der Waals surface area contributed by atoms with E-state index in [2.05, 4.69) is 10.3 Å². The smallest absolute Gasteiger partial charge is 0.326 e. The quantitative estimate of drug-likeness (QED) is 0.756. The zero-order valence-corrected chi connectivity index (χ0v) is 13.5. The number of benzene rings is 1. The first-order valence-electron chi connectivity index (χ1n) is 7.16. The molecule has 1 atom stereocenters. The van der Waals surface area contributed by atoms with Crippen molar-refractivity contribution in [2.24, 2.45) is 5.92 Å². The maximum absolute atomic E-state index is 12.3. The van der Waals surface area contributed by atoms with Crippen LogP contribution in [-0.4, -0.2) is 42.2 Å². The molecule has 1 amide bonds. The lowest BCUT2D eigenvalue weighted by molar-refractivity contribution is -0.140. The van der Waals surface area contributed by atoms with Gasteiger partial charge in [-0.15, -0.1) is 0 Å². The second-order valence-electron chi connectivity index (χ2n) is 5.48. The number of hydrogen-bond acceptors (Lipinski definition) is 4. The van der Waals surface area contributed by atoms with E-state index in [-0.39, 0.29) is 11.6 Å². The molecule has 0 aliphatic rings. The van der Waals surface area contributed by atoms with E-state index in [1.54, 1.807) is 32.0 Å². The van der Waals surface area contributed by atoms with Crippen LogP contribution in [0.1, 0.15) is 24.3 Å². The average Bonchev–Trinajstić information content (AvgIpc) is 2.95. The Morgan fingerprint density at radius 1 is 1.17 bits per heavy atom. The normalized spacial score (nSPS) is 12.2. The predicted molar refractivity (Wildman–Crippen MR) is 85.1 cm³/mol. The molecule has 2 rings (SSSR count). The Kier molecular flexibility index (Phi) is 4.78.